The summed E-state index contributed by atoms with van der Waals surface area (Å²) in [5, 5.41) is 1.28. The van der Waals surface area contributed by atoms with Gasteiger partial charge < -0.3 is 4.98 Å². The van der Waals surface area contributed by atoms with Crippen LogP contribution in [0.3, 0.4) is 0 Å². The number of fused-ring (bicyclic) bond motifs is 1. The fourth-order valence-corrected chi connectivity index (χ4v) is 3.18. The lowest BCUT2D eigenvalue weighted by atomic mass is 9.90. The minimum absolute atomic E-state index is 0.225. The molecule has 0 aliphatic rings. The molecule has 116 valence electrons. The highest BCUT2D eigenvalue weighted by Crippen LogP contribution is 2.32. The van der Waals surface area contributed by atoms with Crippen molar-refractivity contribution in [3.63, 3.8) is 0 Å². The molecule has 0 amide bonds. The Hall–Kier alpha value is -3.06. The highest BCUT2D eigenvalue weighted by molar-refractivity contribution is 5.84. The SMILES string of the molecule is C(=CC(c1ccccc1)c1c[nH]c2ccccc12)c1ccccc1. The van der Waals surface area contributed by atoms with Crippen LogP contribution in [0.25, 0.3) is 17.0 Å². The normalized spacial score (nSPS) is 12.7. The minimum Gasteiger partial charge on any atom is -0.361 e. The van der Waals surface area contributed by atoms with Gasteiger partial charge in [0.1, 0.15) is 0 Å². The van der Waals surface area contributed by atoms with Crippen LogP contribution in [0.2, 0.25) is 0 Å². The Morgan fingerprint density at radius 3 is 2.17 bits per heavy atom. The van der Waals surface area contributed by atoms with E-state index in [9.17, 15) is 0 Å². The topological polar surface area (TPSA) is 15.8 Å². The average molecular weight is 309 g/mol. The summed E-state index contributed by atoms with van der Waals surface area (Å²) in [6.45, 7) is 0. The van der Waals surface area contributed by atoms with Crippen molar-refractivity contribution in [1.82, 2.24) is 4.98 Å². The maximum atomic E-state index is 3.40. The first-order valence-electron chi connectivity index (χ1n) is 8.26. The number of allylic oxidation sites excluding steroid dienone is 1. The molecule has 1 unspecified atom stereocenters. The molecule has 3 aromatic carbocycles. The zero-order chi connectivity index (χ0) is 16.2. The average Bonchev–Trinajstić information content (AvgIpc) is 3.08. The second-order valence-electron chi connectivity index (χ2n) is 5.95. The van der Waals surface area contributed by atoms with Gasteiger partial charge in [0.05, 0.1) is 0 Å². The smallest absolute Gasteiger partial charge is 0.0457 e. The molecule has 1 aromatic heterocycles. The zero-order valence-electron chi connectivity index (χ0n) is 13.4. The summed E-state index contributed by atoms with van der Waals surface area (Å²) in [6.07, 6.45) is 6.64. The molecular formula is C23H19N. The first kappa shape index (κ1) is 14.5. The maximum absolute atomic E-state index is 3.40. The molecular weight excluding hydrogens is 290 g/mol. The van der Waals surface area contributed by atoms with Gasteiger partial charge in [-0.05, 0) is 22.8 Å². The summed E-state index contributed by atoms with van der Waals surface area (Å²) in [5.41, 5.74) is 5.01. The van der Waals surface area contributed by atoms with Crippen molar-refractivity contribution in [2.75, 3.05) is 0 Å². The van der Waals surface area contributed by atoms with Crippen LogP contribution < -0.4 is 0 Å². The molecule has 1 heterocycles. The number of aromatic nitrogens is 1. The van der Waals surface area contributed by atoms with Crippen LogP contribution in [-0.2, 0) is 0 Å². The molecule has 1 N–H and O–H groups in total. The summed E-state index contributed by atoms with van der Waals surface area (Å²) in [5.74, 6) is 0.225. The van der Waals surface area contributed by atoms with Crippen LogP contribution in [0.15, 0.2) is 97.2 Å². The Morgan fingerprint density at radius 1 is 0.708 bits per heavy atom. The fraction of sp³-hybridized carbons (Fsp3) is 0.0435. The molecule has 4 aromatic rings. The molecule has 0 radical (unpaired) electrons. The van der Waals surface area contributed by atoms with Crippen molar-refractivity contribution in [2.24, 2.45) is 0 Å². The van der Waals surface area contributed by atoms with Gasteiger partial charge in [-0.3, -0.25) is 0 Å². The molecule has 0 saturated heterocycles. The van der Waals surface area contributed by atoms with Gasteiger partial charge >= 0.3 is 0 Å². The van der Waals surface area contributed by atoms with Gasteiger partial charge in [0.15, 0.2) is 0 Å². The van der Waals surface area contributed by atoms with Crippen molar-refractivity contribution in [2.45, 2.75) is 5.92 Å². The predicted molar refractivity (Wildman–Crippen MR) is 102 cm³/mol. The van der Waals surface area contributed by atoms with Gasteiger partial charge in [0.2, 0.25) is 0 Å². The number of rotatable bonds is 4. The number of benzene rings is 3. The van der Waals surface area contributed by atoms with Crippen LogP contribution in [0.5, 0.6) is 0 Å². The second-order valence-corrected chi connectivity index (χ2v) is 5.95. The van der Waals surface area contributed by atoms with Gasteiger partial charge in [0, 0.05) is 23.0 Å². The van der Waals surface area contributed by atoms with Crippen molar-refractivity contribution in [1.29, 1.82) is 0 Å². The molecule has 0 spiro atoms. The Morgan fingerprint density at radius 2 is 1.38 bits per heavy atom. The van der Waals surface area contributed by atoms with Gasteiger partial charge in [0.25, 0.3) is 0 Å². The Bertz CT molecular complexity index is 949. The van der Waals surface area contributed by atoms with Crippen molar-refractivity contribution in [3.05, 3.63) is 114 Å². The number of para-hydroxylation sites is 1. The van der Waals surface area contributed by atoms with E-state index < -0.39 is 0 Å². The highest BCUT2D eigenvalue weighted by atomic mass is 14.7. The second kappa shape index (κ2) is 6.59. The van der Waals surface area contributed by atoms with Crippen LogP contribution in [0.4, 0.5) is 0 Å². The van der Waals surface area contributed by atoms with E-state index in [-0.39, 0.29) is 5.92 Å². The lowest BCUT2D eigenvalue weighted by molar-refractivity contribution is 1.04. The molecule has 4 rings (SSSR count). The lowest BCUT2D eigenvalue weighted by Gasteiger charge is -2.13. The molecule has 0 aliphatic heterocycles. The summed E-state index contributed by atoms with van der Waals surface area (Å²) in [6, 6.07) is 29.6. The fourth-order valence-electron chi connectivity index (χ4n) is 3.18. The zero-order valence-corrected chi connectivity index (χ0v) is 13.4. The number of hydrogen-bond acceptors (Lipinski definition) is 0. The first-order chi connectivity index (χ1) is 11.9. The van der Waals surface area contributed by atoms with Crippen molar-refractivity contribution >= 4 is 17.0 Å². The summed E-state index contributed by atoms with van der Waals surface area (Å²) in [7, 11) is 0. The summed E-state index contributed by atoms with van der Waals surface area (Å²) in [4.78, 5) is 3.40. The van der Waals surface area contributed by atoms with E-state index in [0.29, 0.717) is 0 Å². The molecule has 1 atom stereocenters. The van der Waals surface area contributed by atoms with E-state index in [0.717, 1.165) is 0 Å². The van der Waals surface area contributed by atoms with Crippen LogP contribution >= 0.6 is 0 Å². The van der Waals surface area contributed by atoms with Crippen LogP contribution in [0.1, 0.15) is 22.6 Å². The molecule has 24 heavy (non-hydrogen) atoms. The van der Waals surface area contributed by atoms with Crippen molar-refractivity contribution in [3.8, 4) is 0 Å². The van der Waals surface area contributed by atoms with E-state index in [4.69, 9.17) is 0 Å². The number of nitrogens with one attached hydrogen (secondary N) is 1. The first-order valence-corrected chi connectivity index (χ1v) is 8.26. The summed E-state index contributed by atoms with van der Waals surface area (Å²) >= 11 is 0. The third kappa shape index (κ3) is 2.89. The predicted octanol–water partition coefficient (Wildman–Crippen LogP) is 6.01. The third-order valence-corrected chi connectivity index (χ3v) is 4.40. The van der Waals surface area contributed by atoms with E-state index in [1.54, 1.807) is 0 Å². The Balaban J connectivity index is 1.80. The molecule has 1 heteroatoms. The maximum Gasteiger partial charge on any atom is 0.0457 e. The highest BCUT2D eigenvalue weighted by Gasteiger charge is 2.15. The molecule has 0 bridgehead atoms. The molecule has 0 saturated carbocycles. The van der Waals surface area contributed by atoms with Gasteiger partial charge in [-0.2, -0.15) is 0 Å². The minimum atomic E-state index is 0.225. The molecule has 1 nitrogen and oxygen atoms in total. The number of H-pyrrole nitrogens is 1. The van der Waals surface area contributed by atoms with Gasteiger partial charge in [-0.25, -0.2) is 0 Å². The van der Waals surface area contributed by atoms with Crippen LogP contribution in [0, 0.1) is 0 Å². The van der Waals surface area contributed by atoms with E-state index in [1.807, 2.05) is 6.07 Å². The number of aromatic amines is 1. The monoisotopic (exact) mass is 309 g/mol. The molecule has 0 aliphatic carbocycles. The Labute approximate surface area is 142 Å². The Kier molecular flexibility index (Phi) is 3.99. The van der Waals surface area contributed by atoms with Gasteiger partial charge in [-0.15, -0.1) is 0 Å². The molecule has 0 fully saturated rings. The van der Waals surface area contributed by atoms with E-state index >= 15 is 0 Å². The van der Waals surface area contributed by atoms with Gasteiger partial charge in [-0.1, -0.05) is 91.0 Å². The summed E-state index contributed by atoms with van der Waals surface area (Å²) < 4.78 is 0. The quantitative estimate of drug-likeness (QED) is 0.475. The number of hydrogen-bond donors (Lipinski definition) is 1. The van der Waals surface area contributed by atoms with Crippen LogP contribution in [-0.4, -0.2) is 4.98 Å². The third-order valence-electron chi connectivity index (χ3n) is 4.40. The van der Waals surface area contributed by atoms with Crippen molar-refractivity contribution < 1.29 is 0 Å². The largest absolute Gasteiger partial charge is 0.361 e. The standard InChI is InChI=1S/C23H19N/c1-3-9-18(10-4-1)15-16-20(19-11-5-2-6-12-19)22-17-24-23-14-8-7-13-21(22)23/h1-17,20,24H. The van der Waals surface area contributed by atoms with E-state index in [1.165, 1.54) is 27.6 Å². The lowest BCUT2D eigenvalue weighted by Crippen LogP contribution is -1.96. The van der Waals surface area contributed by atoms with E-state index in [2.05, 4.69) is 102 Å².